The van der Waals surface area contributed by atoms with E-state index in [2.05, 4.69) is 10.3 Å². The van der Waals surface area contributed by atoms with Crippen molar-refractivity contribution in [2.75, 3.05) is 11.6 Å². The van der Waals surface area contributed by atoms with Gasteiger partial charge in [-0.3, -0.25) is 10.1 Å². The smallest absolute Gasteiger partial charge is 0.288 e. The van der Waals surface area contributed by atoms with Gasteiger partial charge in [-0.25, -0.2) is 13.4 Å². The number of nitrogens with one attached hydrogen (secondary N) is 1. The summed E-state index contributed by atoms with van der Waals surface area (Å²) in [7, 11) is -3.35. The number of hydrogen-bond acceptors (Lipinski definition) is 6. The first-order valence-corrected chi connectivity index (χ1v) is 10.8. The second-order valence-electron chi connectivity index (χ2n) is 5.25. The number of thiazole rings is 1. The van der Waals surface area contributed by atoms with Gasteiger partial charge >= 0.3 is 0 Å². The van der Waals surface area contributed by atoms with E-state index < -0.39 is 21.5 Å². The van der Waals surface area contributed by atoms with Gasteiger partial charge in [-0.05, 0) is 30.3 Å². The van der Waals surface area contributed by atoms with E-state index in [0.29, 0.717) is 22.0 Å². The molecular weight excluding hydrogens is 402 g/mol. The zero-order chi connectivity index (χ0) is 18.9. The fraction of sp³-hybridized carbons (Fsp3) is 0.125. The van der Waals surface area contributed by atoms with Crippen LogP contribution in [-0.4, -0.2) is 31.3 Å². The number of hydrogen-bond donors (Lipinski definition) is 1. The van der Waals surface area contributed by atoms with Gasteiger partial charge in [-0.1, -0.05) is 35.2 Å². The minimum atomic E-state index is -3.35. The molecule has 0 fully saturated rings. The first kappa shape index (κ1) is 18.7. The summed E-state index contributed by atoms with van der Waals surface area (Å²) in [6.45, 7) is 0. The maximum Gasteiger partial charge on any atom is 0.288 e. The second kappa shape index (κ2) is 7.29. The number of carbonyl (C=O) groups is 1. The number of carbonyl (C=O) groups excluding carboxylic acids is 1. The highest BCUT2D eigenvalue weighted by Crippen LogP contribution is 2.31. The first-order valence-electron chi connectivity index (χ1n) is 7.20. The van der Waals surface area contributed by atoms with Crippen LogP contribution in [0.4, 0.5) is 13.9 Å². The summed E-state index contributed by atoms with van der Waals surface area (Å²) in [6, 6.07) is 10.5. The van der Waals surface area contributed by atoms with Crippen LogP contribution in [0.1, 0.15) is 10.4 Å². The summed E-state index contributed by atoms with van der Waals surface area (Å²) in [6.07, 6.45) is 1.11. The number of fused-ring (bicyclic) bond motifs is 1. The molecule has 1 aromatic heterocycles. The fourth-order valence-corrected chi connectivity index (χ4v) is 4.47. The van der Waals surface area contributed by atoms with Crippen LogP contribution in [0.2, 0.25) is 0 Å². The maximum absolute atomic E-state index is 12.6. The highest BCUT2D eigenvalue weighted by atomic mass is 32.2. The van der Waals surface area contributed by atoms with Crippen molar-refractivity contribution >= 4 is 54.2 Å². The quantitative estimate of drug-likeness (QED) is 0.631. The predicted molar refractivity (Wildman–Crippen MR) is 99.0 cm³/mol. The molecule has 0 atom stereocenters. The zero-order valence-corrected chi connectivity index (χ0v) is 15.7. The van der Waals surface area contributed by atoms with E-state index >= 15 is 0 Å². The van der Waals surface area contributed by atoms with E-state index in [-0.39, 0.29) is 20.5 Å². The van der Waals surface area contributed by atoms with Crippen molar-refractivity contribution in [3.8, 4) is 0 Å². The number of alkyl halides is 2. The summed E-state index contributed by atoms with van der Waals surface area (Å²) in [4.78, 5) is 17.0. The fourth-order valence-electron chi connectivity index (χ4n) is 2.21. The molecule has 2 aromatic carbocycles. The van der Waals surface area contributed by atoms with E-state index in [1.165, 1.54) is 24.3 Å². The Morgan fingerprint density at radius 1 is 1.23 bits per heavy atom. The average molecular weight is 414 g/mol. The molecule has 0 aliphatic carbocycles. The van der Waals surface area contributed by atoms with Gasteiger partial charge in [-0.2, -0.15) is 8.78 Å². The number of thioether (sulfide) groups is 1. The van der Waals surface area contributed by atoms with Crippen molar-refractivity contribution in [1.29, 1.82) is 0 Å². The van der Waals surface area contributed by atoms with E-state index in [0.717, 1.165) is 17.6 Å². The predicted octanol–water partition coefficient (Wildman–Crippen LogP) is 4.27. The molecule has 1 amide bonds. The third kappa shape index (κ3) is 4.19. The Bertz CT molecular complexity index is 1080. The highest BCUT2D eigenvalue weighted by Gasteiger charge is 2.17. The topological polar surface area (TPSA) is 76.1 Å². The summed E-state index contributed by atoms with van der Waals surface area (Å²) < 4.78 is 49.1. The standard InChI is InChI=1S/C16H12F2N2O3S3/c1-26(22,23)9-6-7-11-13(8-9)25-16(19-11)20-14(21)10-4-2-3-5-12(10)24-15(17)18/h2-8,15H,1H3,(H,19,20,21). The Hall–Kier alpha value is -2.04. The molecule has 0 saturated carbocycles. The minimum absolute atomic E-state index is 0.119. The molecule has 0 unspecified atom stereocenters. The molecule has 10 heteroatoms. The van der Waals surface area contributed by atoms with Gasteiger partial charge in [0.2, 0.25) is 0 Å². The van der Waals surface area contributed by atoms with Crippen molar-refractivity contribution < 1.29 is 22.0 Å². The number of halogens is 2. The maximum atomic E-state index is 12.6. The van der Waals surface area contributed by atoms with Crippen molar-refractivity contribution in [3.05, 3.63) is 48.0 Å². The Labute approximate surface area is 156 Å². The lowest BCUT2D eigenvalue weighted by molar-refractivity contribution is 0.102. The van der Waals surface area contributed by atoms with Gasteiger partial charge in [-0.15, -0.1) is 0 Å². The average Bonchev–Trinajstić information content (AvgIpc) is 2.95. The molecular formula is C16H12F2N2O3S3. The van der Waals surface area contributed by atoms with E-state index in [1.807, 2.05) is 0 Å². The first-order chi connectivity index (χ1) is 12.2. The number of rotatable bonds is 5. The molecule has 1 N–H and O–H groups in total. The van der Waals surface area contributed by atoms with Crippen LogP contribution in [0.5, 0.6) is 0 Å². The Balaban J connectivity index is 1.88. The molecule has 0 radical (unpaired) electrons. The number of aromatic nitrogens is 1. The molecule has 0 saturated heterocycles. The number of benzene rings is 2. The third-order valence-corrected chi connectivity index (χ3v) is 6.19. The van der Waals surface area contributed by atoms with E-state index in [1.54, 1.807) is 18.2 Å². The lowest BCUT2D eigenvalue weighted by Gasteiger charge is -2.07. The Morgan fingerprint density at radius 3 is 2.65 bits per heavy atom. The van der Waals surface area contributed by atoms with Crippen LogP contribution < -0.4 is 5.32 Å². The highest BCUT2D eigenvalue weighted by molar-refractivity contribution is 7.99. The number of nitrogens with zero attached hydrogens (tertiary/aromatic N) is 1. The van der Waals surface area contributed by atoms with E-state index in [9.17, 15) is 22.0 Å². The van der Waals surface area contributed by atoms with E-state index in [4.69, 9.17) is 0 Å². The van der Waals surface area contributed by atoms with Gasteiger partial charge in [0.15, 0.2) is 15.0 Å². The number of amides is 1. The van der Waals surface area contributed by atoms with Gasteiger partial charge in [0.05, 0.1) is 20.7 Å². The summed E-state index contributed by atoms with van der Waals surface area (Å²) in [5, 5.41) is 2.84. The second-order valence-corrected chi connectivity index (χ2v) is 9.33. The lowest BCUT2D eigenvalue weighted by atomic mass is 10.2. The van der Waals surface area contributed by atoms with Gasteiger partial charge < -0.3 is 0 Å². The summed E-state index contributed by atoms with van der Waals surface area (Å²) in [5.74, 6) is -3.20. The van der Waals surface area contributed by atoms with Crippen molar-refractivity contribution in [2.45, 2.75) is 15.5 Å². The largest absolute Gasteiger partial charge is 0.298 e. The SMILES string of the molecule is CS(=O)(=O)c1ccc2nc(NC(=O)c3ccccc3SC(F)F)sc2c1. The van der Waals surface area contributed by atoms with Gasteiger partial charge in [0.25, 0.3) is 11.7 Å². The molecule has 5 nitrogen and oxygen atoms in total. The Kier molecular flexibility index (Phi) is 5.26. The molecule has 1 heterocycles. The zero-order valence-electron chi connectivity index (χ0n) is 13.3. The van der Waals surface area contributed by atoms with Crippen LogP contribution in [-0.2, 0) is 9.84 Å². The number of anilines is 1. The molecule has 0 bridgehead atoms. The van der Waals surface area contributed by atoms with Crippen molar-refractivity contribution in [2.24, 2.45) is 0 Å². The minimum Gasteiger partial charge on any atom is -0.298 e. The van der Waals surface area contributed by atoms with Crippen molar-refractivity contribution in [1.82, 2.24) is 4.98 Å². The number of sulfone groups is 1. The third-order valence-electron chi connectivity index (χ3n) is 3.36. The van der Waals surface area contributed by atoms with Crippen LogP contribution in [0.25, 0.3) is 10.2 Å². The molecule has 26 heavy (non-hydrogen) atoms. The van der Waals surface area contributed by atoms with Crippen LogP contribution in [0.15, 0.2) is 52.3 Å². The molecule has 0 spiro atoms. The van der Waals surface area contributed by atoms with Gasteiger partial charge in [0.1, 0.15) is 0 Å². The molecule has 3 aromatic rings. The summed E-state index contributed by atoms with van der Waals surface area (Å²) >= 11 is 1.40. The van der Waals surface area contributed by atoms with Crippen LogP contribution in [0.3, 0.4) is 0 Å². The van der Waals surface area contributed by atoms with Crippen molar-refractivity contribution in [3.63, 3.8) is 0 Å². The Morgan fingerprint density at radius 2 is 1.96 bits per heavy atom. The van der Waals surface area contributed by atoms with Gasteiger partial charge in [0, 0.05) is 11.2 Å². The lowest BCUT2D eigenvalue weighted by Crippen LogP contribution is -2.12. The monoisotopic (exact) mass is 414 g/mol. The van der Waals surface area contributed by atoms with Crippen LogP contribution in [0, 0.1) is 0 Å². The molecule has 0 aliphatic rings. The molecule has 136 valence electrons. The molecule has 0 aliphatic heterocycles. The normalized spacial score (nSPS) is 11.8. The molecule has 3 rings (SSSR count). The van der Waals surface area contributed by atoms with Crippen LogP contribution >= 0.6 is 23.1 Å². The summed E-state index contributed by atoms with van der Waals surface area (Å²) in [5.41, 5.74) is 0.654.